The number of halogens is 6. The van der Waals surface area contributed by atoms with Gasteiger partial charge in [0.05, 0.1) is 39.5 Å². The van der Waals surface area contributed by atoms with Gasteiger partial charge in [-0.05, 0) is 72.1 Å². The molecule has 2 heterocycles. The highest BCUT2D eigenvalue weighted by molar-refractivity contribution is 6.09. The fourth-order valence-corrected chi connectivity index (χ4v) is 4.43. The van der Waals surface area contributed by atoms with Crippen molar-refractivity contribution in [2.45, 2.75) is 19.3 Å². The molecule has 5 aromatic rings. The van der Waals surface area contributed by atoms with Crippen molar-refractivity contribution in [3.8, 4) is 22.9 Å². The van der Waals surface area contributed by atoms with Gasteiger partial charge < -0.3 is 4.57 Å². The number of fused-ring (bicyclic) bond motifs is 3. The summed E-state index contributed by atoms with van der Waals surface area (Å²) in [6, 6.07) is 14.9. The van der Waals surface area contributed by atoms with Crippen molar-refractivity contribution >= 4 is 21.8 Å². The Hall–Kier alpha value is -4.32. The highest BCUT2D eigenvalue weighted by Gasteiger charge is 2.33. The summed E-state index contributed by atoms with van der Waals surface area (Å²) in [5, 5.41) is 10.6. The second kappa shape index (κ2) is 8.12. The zero-order chi connectivity index (χ0) is 25.8. The van der Waals surface area contributed by atoms with E-state index in [4.69, 9.17) is 0 Å². The maximum absolute atomic E-state index is 13.6. The van der Waals surface area contributed by atoms with E-state index in [2.05, 4.69) is 11.1 Å². The number of hydrogen-bond acceptors (Lipinski definition) is 2. The first-order valence-electron chi connectivity index (χ1n) is 10.7. The van der Waals surface area contributed by atoms with Crippen LogP contribution < -0.4 is 0 Å². The minimum atomic E-state index is -4.65. The van der Waals surface area contributed by atoms with Crippen LogP contribution in [0.5, 0.6) is 0 Å². The topological polar surface area (TPSA) is 41.6 Å². The molecular formula is C27H15F6N3. The van der Waals surface area contributed by atoms with Gasteiger partial charge >= 0.3 is 12.4 Å². The van der Waals surface area contributed by atoms with Crippen LogP contribution in [0.2, 0.25) is 0 Å². The first kappa shape index (κ1) is 23.4. The van der Waals surface area contributed by atoms with Crippen molar-refractivity contribution < 1.29 is 26.3 Å². The minimum absolute atomic E-state index is 0.0859. The van der Waals surface area contributed by atoms with Crippen molar-refractivity contribution in [1.82, 2.24) is 9.55 Å². The minimum Gasteiger partial charge on any atom is -0.309 e. The van der Waals surface area contributed by atoms with Crippen molar-refractivity contribution in [3.05, 3.63) is 95.3 Å². The van der Waals surface area contributed by atoms with Gasteiger partial charge in [-0.2, -0.15) is 31.6 Å². The molecule has 0 atom stereocenters. The standard InChI is InChI=1S/C27H15F6N3/c1-15-10-22(16-6-8-35-9-7-16)17(14-34)11-23(15)36-24-12-18(26(28,29)30)2-4-20(24)21-5-3-19(13-25(21)36)27(31,32)33/h2-13H,1H3. The number of benzene rings is 3. The summed E-state index contributed by atoms with van der Waals surface area (Å²) >= 11 is 0. The van der Waals surface area contributed by atoms with Gasteiger partial charge in [-0.3, -0.25) is 4.98 Å². The Bertz CT molecular complexity index is 1600. The van der Waals surface area contributed by atoms with E-state index in [-0.39, 0.29) is 16.6 Å². The lowest BCUT2D eigenvalue weighted by Gasteiger charge is -2.16. The Labute approximate surface area is 200 Å². The van der Waals surface area contributed by atoms with E-state index >= 15 is 0 Å². The molecule has 0 aliphatic carbocycles. The molecule has 3 nitrogen and oxygen atoms in total. The van der Waals surface area contributed by atoms with Crippen molar-refractivity contribution in [2.24, 2.45) is 0 Å². The number of aryl methyl sites for hydroxylation is 1. The number of nitrogens with zero attached hydrogens (tertiary/aromatic N) is 3. The van der Waals surface area contributed by atoms with Crippen LogP contribution in [-0.4, -0.2) is 9.55 Å². The molecule has 180 valence electrons. The first-order valence-corrected chi connectivity index (χ1v) is 10.7. The molecule has 0 radical (unpaired) electrons. The van der Waals surface area contributed by atoms with Crippen LogP contribution in [-0.2, 0) is 12.4 Å². The predicted octanol–water partition coefficient (Wildman–Crippen LogP) is 8.06. The summed E-state index contributed by atoms with van der Waals surface area (Å²) in [7, 11) is 0. The number of aromatic nitrogens is 2. The zero-order valence-electron chi connectivity index (χ0n) is 18.5. The van der Waals surface area contributed by atoms with Gasteiger partial charge in [0.25, 0.3) is 0 Å². The number of nitriles is 1. The van der Waals surface area contributed by atoms with Crippen LogP contribution in [0, 0.1) is 18.3 Å². The molecule has 5 rings (SSSR count). The Balaban J connectivity index is 1.89. The third-order valence-corrected chi connectivity index (χ3v) is 6.11. The molecule has 0 aliphatic rings. The van der Waals surface area contributed by atoms with E-state index in [0.717, 1.165) is 24.3 Å². The van der Waals surface area contributed by atoms with Crippen molar-refractivity contribution in [3.63, 3.8) is 0 Å². The molecule has 0 aliphatic heterocycles. The van der Waals surface area contributed by atoms with Gasteiger partial charge in [-0.1, -0.05) is 12.1 Å². The summed E-state index contributed by atoms with van der Waals surface area (Å²) < 4.78 is 82.7. The van der Waals surface area contributed by atoms with Crippen LogP contribution in [0.1, 0.15) is 22.3 Å². The highest BCUT2D eigenvalue weighted by atomic mass is 19.4. The van der Waals surface area contributed by atoms with E-state index < -0.39 is 23.5 Å². The number of rotatable bonds is 2. The summed E-state index contributed by atoms with van der Waals surface area (Å²) in [4.78, 5) is 3.96. The van der Waals surface area contributed by atoms with E-state index in [1.54, 1.807) is 37.5 Å². The van der Waals surface area contributed by atoms with E-state index in [0.29, 0.717) is 33.2 Å². The molecule has 0 spiro atoms. The van der Waals surface area contributed by atoms with E-state index in [9.17, 15) is 31.6 Å². The lowest BCUT2D eigenvalue weighted by Crippen LogP contribution is -2.06. The molecule has 9 heteroatoms. The average Bonchev–Trinajstić information content (AvgIpc) is 3.16. The van der Waals surface area contributed by atoms with Crippen LogP contribution in [0.15, 0.2) is 73.1 Å². The van der Waals surface area contributed by atoms with Crippen LogP contribution in [0.25, 0.3) is 38.6 Å². The first-order chi connectivity index (χ1) is 17.0. The highest BCUT2D eigenvalue weighted by Crippen LogP contribution is 2.40. The third kappa shape index (κ3) is 3.85. The van der Waals surface area contributed by atoms with Gasteiger partial charge in [0.15, 0.2) is 0 Å². The third-order valence-electron chi connectivity index (χ3n) is 6.11. The second-order valence-electron chi connectivity index (χ2n) is 8.33. The molecule has 0 saturated heterocycles. The normalized spacial score (nSPS) is 12.3. The van der Waals surface area contributed by atoms with Crippen LogP contribution in [0.4, 0.5) is 26.3 Å². The van der Waals surface area contributed by atoms with Crippen LogP contribution in [0.3, 0.4) is 0 Å². The molecule has 0 saturated carbocycles. The Morgan fingerprint density at radius 3 is 1.75 bits per heavy atom. The average molecular weight is 495 g/mol. The van der Waals surface area contributed by atoms with Gasteiger partial charge in [0, 0.05) is 23.2 Å². The fraction of sp³-hybridized carbons (Fsp3) is 0.111. The molecular weight excluding hydrogens is 480 g/mol. The van der Waals surface area contributed by atoms with Gasteiger partial charge in [-0.15, -0.1) is 0 Å². The molecule has 2 aromatic heterocycles. The molecule has 0 N–H and O–H groups in total. The predicted molar refractivity (Wildman–Crippen MR) is 123 cm³/mol. The van der Waals surface area contributed by atoms with E-state index in [1.807, 2.05) is 0 Å². The Morgan fingerprint density at radius 2 is 1.28 bits per heavy atom. The van der Waals surface area contributed by atoms with E-state index in [1.165, 1.54) is 22.8 Å². The summed E-state index contributed by atoms with van der Waals surface area (Å²) in [5.74, 6) is 0. The molecule has 36 heavy (non-hydrogen) atoms. The Kier molecular flexibility index (Phi) is 5.29. The molecule has 0 unspecified atom stereocenters. The molecule has 0 bridgehead atoms. The number of hydrogen-bond donors (Lipinski definition) is 0. The molecule has 0 amide bonds. The zero-order valence-corrected chi connectivity index (χ0v) is 18.5. The fourth-order valence-electron chi connectivity index (χ4n) is 4.43. The Morgan fingerprint density at radius 1 is 0.750 bits per heavy atom. The van der Waals surface area contributed by atoms with Gasteiger partial charge in [-0.25, -0.2) is 0 Å². The summed E-state index contributed by atoms with van der Waals surface area (Å²) in [5.41, 5.74) is 0.688. The molecule has 0 fully saturated rings. The maximum atomic E-state index is 13.6. The maximum Gasteiger partial charge on any atom is 0.416 e. The second-order valence-corrected chi connectivity index (χ2v) is 8.33. The number of pyridine rings is 1. The largest absolute Gasteiger partial charge is 0.416 e. The lowest BCUT2D eigenvalue weighted by atomic mass is 9.97. The summed E-state index contributed by atoms with van der Waals surface area (Å²) in [6.07, 6.45) is -6.18. The summed E-state index contributed by atoms with van der Waals surface area (Å²) in [6.45, 7) is 1.69. The van der Waals surface area contributed by atoms with Gasteiger partial charge in [0.2, 0.25) is 0 Å². The SMILES string of the molecule is Cc1cc(-c2ccncc2)c(C#N)cc1-n1c2cc(C(F)(F)F)ccc2c2ccc(C(F)(F)F)cc21. The van der Waals surface area contributed by atoms with Crippen LogP contribution >= 0.6 is 0 Å². The van der Waals surface area contributed by atoms with Gasteiger partial charge in [0.1, 0.15) is 0 Å². The van der Waals surface area contributed by atoms with Crippen molar-refractivity contribution in [1.29, 1.82) is 5.26 Å². The monoisotopic (exact) mass is 495 g/mol. The van der Waals surface area contributed by atoms with Crippen molar-refractivity contribution in [2.75, 3.05) is 0 Å². The smallest absolute Gasteiger partial charge is 0.309 e. The molecule has 3 aromatic carbocycles. The quantitative estimate of drug-likeness (QED) is 0.233. The lowest BCUT2D eigenvalue weighted by molar-refractivity contribution is -0.138. The number of alkyl halides is 6.